The molecule has 0 amide bonds. The molecule has 3 rings (SSSR count). The van der Waals surface area contributed by atoms with Crippen molar-refractivity contribution in [2.24, 2.45) is 0 Å². The first kappa shape index (κ1) is 9.79. The van der Waals surface area contributed by atoms with Gasteiger partial charge in [-0.05, 0) is 36.1 Å². The molecule has 82 valence electrons. The van der Waals surface area contributed by atoms with Crippen LogP contribution in [0.2, 0.25) is 0 Å². The van der Waals surface area contributed by atoms with Crippen molar-refractivity contribution < 1.29 is 4.52 Å². The summed E-state index contributed by atoms with van der Waals surface area (Å²) < 4.78 is 5.09. The van der Waals surface area contributed by atoms with Gasteiger partial charge >= 0.3 is 0 Å². The Morgan fingerprint density at radius 2 is 2.29 bits per heavy atom. The highest BCUT2D eigenvalue weighted by Gasteiger charge is 2.17. The van der Waals surface area contributed by atoms with E-state index in [1.807, 2.05) is 18.2 Å². The molecule has 0 atom stereocenters. The lowest BCUT2D eigenvalue weighted by Crippen LogP contribution is -2.01. The molecule has 1 aliphatic carbocycles. The normalized spacial score (nSPS) is 13.7. The molecule has 1 aliphatic rings. The smallest absolute Gasteiger partial charge is 0.257 e. The molecule has 1 aromatic heterocycles. The first-order valence-corrected chi connectivity index (χ1v) is 5.39. The number of aromatic nitrogens is 2. The van der Waals surface area contributed by atoms with E-state index in [1.165, 1.54) is 11.9 Å². The zero-order valence-electron chi connectivity index (χ0n) is 9.05. The van der Waals surface area contributed by atoms with Crippen LogP contribution in [0.5, 0.6) is 0 Å². The number of hydrogen-bond acceptors (Lipinski definition) is 4. The number of allylic oxidation sites excluding steroid dienone is 1. The van der Waals surface area contributed by atoms with Gasteiger partial charge in [-0.15, -0.1) is 0 Å². The maximum Gasteiger partial charge on any atom is 0.257 e. The van der Waals surface area contributed by atoms with Crippen LogP contribution in [-0.2, 0) is 6.42 Å². The Kier molecular flexibility index (Phi) is 2.23. The van der Waals surface area contributed by atoms with Crippen LogP contribution in [0.1, 0.15) is 29.0 Å². The van der Waals surface area contributed by atoms with Crippen molar-refractivity contribution in [3.8, 4) is 6.07 Å². The van der Waals surface area contributed by atoms with Crippen molar-refractivity contribution in [2.75, 3.05) is 0 Å². The summed E-state index contributed by atoms with van der Waals surface area (Å²) >= 11 is 0. The number of nitrogens with zero attached hydrogens (tertiary/aromatic N) is 3. The Morgan fingerprint density at radius 3 is 3.06 bits per heavy atom. The summed E-state index contributed by atoms with van der Waals surface area (Å²) in [5, 5.41) is 12.5. The van der Waals surface area contributed by atoms with Crippen LogP contribution in [0.3, 0.4) is 0 Å². The SMILES string of the molecule is N#Cc1ccc2c(c1)CCC=C2c1ncno1. The minimum absolute atomic E-state index is 0.538. The molecule has 0 aliphatic heterocycles. The van der Waals surface area contributed by atoms with Crippen LogP contribution in [0.15, 0.2) is 35.1 Å². The maximum atomic E-state index is 8.88. The number of aryl methyl sites for hydroxylation is 1. The van der Waals surface area contributed by atoms with Crippen LogP contribution in [0, 0.1) is 11.3 Å². The highest BCUT2D eigenvalue weighted by Crippen LogP contribution is 2.30. The molecule has 1 heterocycles. The molecule has 4 heteroatoms. The van der Waals surface area contributed by atoms with Crippen molar-refractivity contribution in [3.63, 3.8) is 0 Å². The van der Waals surface area contributed by atoms with Gasteiger partial charge in [0.25, 0.3) is 5.89 Å². The molecule has 0 N–H and O–H groups in total. The average molecular weight is 223 g/mol. The van der Waals surface area contributed by atoms with Crippen LogP contribution in [-0.4, -0.2) is 10.1 Å². The van der Waals surface area contributed by atoms with Crippen LogP contribution in [0.4, 0.5) is 0 Å². The van der Waals surface area contributed by atoms with Crippen molar-refractivity contribution in [1.29, 1.82) is 5.26 Å². The van der Waals surface area contributed by atoms with Crippen LogP contribution >= 0.6 is 0 Å². The molecule has 2 aromatic rings. The monoisotopic (exact) mass is 223 g/mol. The van der Waals surface area contributed by atoms with Gasteiger partial charge < -0.3 is 4.52 Å². The van der Waals surface area contributed by atoms with Crippen molar-refractivity contribution in [1.82, 2.24) is 10.1 Å². The Labute approximate surface area is 98.2 Å². The highest BCUT2D eigenvalue weighted by molar-refractivity contribution is 5.78. The van der Waals surface area contributed by atoms with E-state index in [2.05, 4.69) is 22.3 Å². The van der Waals surface area contributed by atoms with Gasteiger partial charge in [0.15, 0.2) is 6.33 Å². The molecular weight excluding hydrogens is 214 g/mol. The van der Waals surface area contributed by atoms with Gasteiger partial charge in [-0.2, -0.15) is 10.2 Å². The second kappa shape index (κ2) is 3.87. The van der Waals surface area contributed by atoms with Crippen molar-refractivity contribution in [3.05, 3.63) is 53.2 Å². The van der Waals surface area contributed by atoms with Crippen LogP contribution < -0.4 is 0 Å². The summed E-state index contributed by atoms with van der Waals surface area (Å²) in [5.41, 5.74) is 3.91. The Hall–Kier alpha value is -2.41. The molecule has 0 unspecified atom stereocenters. The molecule has 0 radical (unpaired) electrons. The fourth-order valence-corrected chi connectivity index (χ4v) is 2.11. The molecule has 1 aromatic carbocycles. The third-order valence-electron chi connectivity index (χ3n) is 2.88. The minimum Gasteiger partial charge on any atom is -0.334 e. The Morgan fingerprint density at radius 1 is 1.35 bits per heavy atom. The Balaban J connectivity index is 2.12. The zero-order chi connectivity index (χ0) is 11.7. The predicted octanol–water partition coefficient (Wildman–Crippen LogP) is 2.32. The second-order valence-electron chi connectivity index (χ2n) is 3.89. The predicted molar refractivity (Wildman–Crippen MR) is 60.9 cm³/mol. The highest BCUT2D eigenvalue weighted by atomic mass is 16.5. The fraction of sp³-hybridized carbons (Fsp3) is 0.154. The maximum absolute atomic E-state index is 8.88. The van der Waals surface area contributed by atoms with Crippen molar-refractivity contribution in [2.45, 2.75) is 12.8 Å². The van der Waals surface area contributed by atoms with Gasteiger partial charge in [-0.3, -0.25) is 0 Å². The minimum atomic E-state index is 0.538. The lowest BCUT2D eigenvalue weighted by molar-refractivity contribution is 0.406. The zero-order valence-corrected chi connectivity index (χ0v) is 9.05. The van der Waals surface area contributed by atoms with Crippen LogP contribution in [0.25, 0.3) is 5.57 Å². The van der Waals surface area contributed by atoms with Gasteiger partial charge in [-0.25, -0.2) is 0 Å². The summed E-state index contributed by atoms with van der Waals surface area (Å²) in [5.74, 6) is 0.538. The molecule has 17 heavy (non-hydrogen) atoms. The first-order valence-electron chi connectivity index (χ1n) is 5.39. The number of fused-ring (bicyclic) bond motifs is 1. The number of nitriles is 1. The molecule has 4 nitrogen and oxygen atoms in total. The second-order valence-corrected chi connectivity index (χ2v) is 3.89. The third kappa shape index (κ3) is 1.62. The average Bonchev–Trinajstić information content (AvgIpc) is 2.91. The van der Waals surface area contributed by atoms with E-state index in [9.17, 15) is 0 Å². The van der Waals surface area contributed by atoms with E-state index in [4.69, 9.17) is 9.78 Å². The van der Waals surface area contributed by atoms with E-state index in [0.717, 1.165) is 24.0 Å². The van der Waals surface area contributed by atoms with Gasteiger partial charge in [0.05, 0.1) is 11.6 Å². The van der Waals surface area contributed by atoms with E-state index < -0.39 is 0 Å². The lowest BCUT2D eigenvalue weighted by atomic mass is 9.89. The summed E-state index contributed by atoms with van der Waals surface area (Å²) in [6, 6.07) is 7.85. The molecule has 0 spiro atoms. The largest absolute Gasteiger partial charge is 0.334 e. The molecular formula is C13H9N3O. The molecule has 0 saturated carbocycles. The summed E-state index contributed by atoms with van der Waals surface area (Å²) in [7, 11) is 0. The third-order valence-corrected chi connectivity index (χ3v) is 2.88. The molecule has 0 bridgehead atoms. The van der Waals surface area contributed by atoms with Crippen molar-refractivity contribution >= 4 is 5.57 Å². The van der Waals surface area contributed by atoms with Gasteiger partial charge in [0.2, 0.25) is 0 Å². The summed E-state index contributed by atoms with van der Waals surface area (Å²) in [6.07, 6.45) is 5.37. The number of benzene rings is 1. The lowest BCUT2D eigenvalue weighted by Gasteiger charge is -2.15. The quantitative estimate of drug-likeness (QED) is 0.744. The van der Waals surface area contributed by atoms with Gasteiger partial charge in [0.1, 0.15) is 0 Å². The van der Waals surface area contributed by atoms with E-state index in [1.54, 1.807) is 0 Å². The number of hydrogen-bond donors (Lipinski definition) is 0. The Bertz CT molecular complexity index is 621. The molecule has 0 fully saturated rings. The fourth-order valence-electron chi connectivity index (χ4n) is 2.11. The standard InChI is InChI=1S/C13H9N3O/c14-7-9-4-5-11-10(6-9)2-1-3-12(11)13-15-8-16-17-13/h3-6,8H,1-2H2. The summed E-state index contributed by atoms with van der Waals surface area (Å²) in [4.78, 5) is 4.07. The van der Waals surface area contributed by atoms with E-state index in [0.29, 0.717) is 11.5 Å². The van der Waals surface area contributed by atoms with Gasteiger partial charge in [0, 0.05) is 5.57 Å². The van der Waals surface area contributed by atoms with E-state index in [-0.39, 0.29) is 0 Å². The van der Waals surface area contributed by atoms with Gasteiger partial charge in [-0.1, -0.05) is 17.3 Å². The topological polar surface area (TPSA) is 62.7 Å². The molecule has 0 saturated heterocycles. The summed E-state index contributed by atoms with van der Waals surface area (Å²) in [6.45, 7) is 0. The number of rotatable bonds is 1. The van der Waals surface area contributed by atoms with E-state index >= 15 is 0 Å². The first-order chi connectivity index (χ1) is 8.38.